The maximum Gasteiger partial charge on any atom is 0.341 e. The monoisotopic (exact) mass is 278 g/mol. The van der Waals surface area contributed by atoms with Crippen LogP contribution in [-0.2, 0) is 16.1 Å². The van der Waals surface area contributed by atoms with Crippen molar-refractivity contribution >= 4 is 22.7 Å². The lowest BCUT2D eigenvalue weighted by atomic mass is 10.2. The maximum atomic E-state index is 12.0. The molecular weight excluding hydrogens is 268 g/mol. The first-order valence-electron chi connectivity index (χ1n) is 5.55. The highest BCUT2D eigenvalue weighted by atomic mass is 16.5. The fraction of sp³-hybridized carbons (Fsp3) is 0.167. The van der Waals surface area contributed by atoms with Crippen LogP contribution in [0.15, 0.2) is 29.1 Å². The smallest absolute Gasteiger partial charge is 0.341 e. The summed E-state index contributed by atoms with van der Waals surface area (Å²) in [7, 11) is 0. The van der Waals surface area contributed by atoms with Crippen LogP contribution in [0.1, 0.15) is 0 Å². The van der Waals surface area contributed by atoms with Gasteiger partial charge in [0.25, 0.3) is 5.56 Å². The minimum absolute atomic E-state index is 0.0937. The molecule has 0 atom stereocenters. The Morgan fingerprint density at radius 2 is 1.80 bits per heavy atom. The number of hydrogen-bond donors (Lipinski definition) is 2. The number of aliphatic carboxylic acids is 2. The van der Waals surface area contributed by atoms with Gasteiger partial charge in [0.2, 0.25) is 5.88 Å². The van der Waals surface area contributed by atoms with Crippen molar-refractivity contribution in [3.05, 3.63) is 34.6 Å². The number of carboxylic acids is 2. The minimum atomic E-state index is -1.24. The summed E-state index contributed by atoms with van der Waals surface area (Å²) >= 11 is 0. The topological polar surface area (TPSA) is 119 Å². The molecule has 20 heavy (non-hydrogen) atoms. The molecule has 2 rings (SSSR count). The molecule has 0 saturated carbocycles. The van der Waals surface area contributed by atoms with Crippen molar-refractivity contribution in [3.63, 3.8) is 0 Å². The lowest BCUT2D eigenvalue weighted by molar-refractivity contribution is -0.140. The molecule has 0 radical (unpaired) electrons. The fourth-order valence-corrected chi connectivity index (χ4v) is 1.68. The SMILES string of the molecule is O=C(O)COc1nn(CC(=O)O)c(=O)c2ccccc12. The Kier molecular flexibility index (Phi) is 3.65. The number of benzene rings is 1. The van der Waals surface area contributed by atoms with Gasteiger partial charge in [-0.25, -0.2) is 9.48 Å². The van der Waals surface area contributed by atoms with E-state index >= 15 is 0 Å². The van der Waals surface area contributed by atoms with E-state index in [1.54, 1.807) is 18.2 Å². The van der Waals surface area contributed by atoms with Crippen LogP contribution in [-0.4, -0.2) is 38.5 Å². The van der Waals surface area contributed by atoms with E-state index in [1.165, 1.54) is 6.07 Å². The van der Waals surface area contributed by atoms with Crippen LogP contribution in [0.4, 0.5) is 0 Å². The molecule has 1 heterocycles. The molecule has 104 valence electrons. The molecule has 0 amide bonds. The molecule has 2 N–H and O–H groups in total. The summed E-state index contributed by atoms with van der Waals surface area (Å²) in [4.78, 5) is 33.2. The molecule has 0 aliphatic rings. The van der Waals surface area contributed by atoms with E-state index in [1.807, 2.05) is 0 Å². The normalized spacial score (nSPS) is 10.4. The Hall–Kier alpha value is -2.90. The number of rotatable bonds is 5. The van der Waals surface area contributed by atoms with Gasteiger partial charge in [-0.1, -0.05) is 12.1 Å². The van der Waals surface area contributed by atoms with Crippen molar-refractivity contribution < 1.29 is 24.5 Å². The van der Waals surface area contributed by atoms with Gasteiger partial charge >= 0.3 is 11.9 Å². The van der Waals surface area contributed by atoms with Crippen molar-refractivity contribution in [2.24, 2.45) is 0 Å². The highest BCUT2D eigenvalue weighted by Crippen LogP contribution is 2.19. The Balaban J connectivity index is 2.59. The molecule has 0 spiro atoms. The van der Waals surface area contributed by atoms with Crippen LogP contribution in [0.2, 0.25) is 0 Å². The first kappa shape index (κ1) is 13.5. The number of hydrogen-bond acceptors (Lipinski definition) is 5. The molecule has 1 aromatic heterocycles. The van der Waals surface area contributed by atoms with Gasteiger partial charge in [-0.15, -0.1) is 5.10 Å². The van der Waals surface area contributed by atoms with Crippen molar-refractivity contribution in [2.75, 3.05) is 6.61 Å². The largest absolute Gasteiger partial charge is 0.480 e. The molecule has 0 bridgehead atoms. The Morgan fingerprint density at radius 1 is 1.15 bits per heavy atom. The van der Waals surface area contributed by atoms with Crippen molar-refractivity contribution in [3.8, 4) is 5.88 Å². The zero-order chi connectivity index (χ0) is 14.7. The summed E-state index contributed by atoms with van der Waals surface area (Å²) in [5.74, 6) is -2.53. The van der Waals surface area contributed by atoms with Crippen LogP contribution >= 0.6 is 0 Å². The third-order valence-electron chi connectivity index (χ3n) is 2.45. The van der Waals surface area contributed by atoms with E-state index in [2.05, 4.69) is 5.10 Å². The molecule has 0 aliphatic carbocycles. The van der Waals surface area contributed by atoms with Gasteiger partial charge in [0.05, 0.1) is 10.8 Å². The summed E-state index contributed by atoms with van der Waals surface area (Å²) < 4.78 is 5.72. The van der Waals surface area contributed by atoms with Gasteiger partial charge in [0, 0.05) is 0 Å². The third-order valence-corrected chi connectivity index (χ3v) is 2.45. The van der Waals surface area contributed by atoms with Crippen LogP contribution in [0.3, 0.4) is 0 Å². The van der Waals surface area contributed by atoms with E-state index < -0.39 is 30.6 Å². The standard InChI is InChI=1S/C12H10N2O6/c15-9(16)5-14-12(19)8-4-2-1-3-7(8)11(13-14)20-6-10(17)18/h1-4H,5-6H2,(H,15,16)(H,17,18). The molecule has 2 aromatic rings. The first-order chi connectivity index (χ1) is 9.49. The third kappa shape index (κ3) is 2.74. The molecule has 1 aromatic carbocycles. The summed E-state index contributed by atoms with van der Waals surface area (Å²) in [5.41, 5.74) is -0.578. The molecule has 8 heteroatoms. The predicted molar refractivity (Wildman–Crippen MR) is 66.8 cm³/mol. The molecule has 0 fully saturated rings. The lowest BCUT2D eigenvalue weighted by Crippen LogP contribution is -2.27. The summed E-state index contributed by atoms with van der Waals surface area (Å²) in [6, 6.07) is 6.28. The van der Waals surface area contributed by atoms with Crippen molar-refractivity contribution in [2.45, 2.75) is 6.54 Å². The molecule has 0 unspecified atom stereocenters. The van der Waals surface area contributed by atoms with Gasteiger partial charge in [-0.3, -0.25) is 9.59 Å². The van der Waals surface area contributed by atoms with Gasteiger partial charge in [-0.2, -0.15) is 0 Å². The average molecular weight is 278 g/mol. The zero-order valence-corrected chi connectivity index (χ0v) is 10.1. The molecule has 0 saturated heterocycles. The van der Waals surface area contributed by atoms with Crippen LogP contribution in [0.5, 0.6) is 5.88 Å². The van der Waals surface area contributed by atoms with Crippen LogP contribution in [0, 0.1) is 0 Å². The second-order valence-electron chi connectivity index (χ2n) is 3.89. The minimum Gasteiger partial charge on any atom is -0.480 e. The van der Waals surface area contributed by atoms with E-state index in [0.717, 1.165) is 4.68 Å². The summed E-state index contributed by atoms with van der Waals surface area (Å²) in [6.45, 7) is -1.27. The number of carboxylic acid groups (broad SMARTS) is 2. The Morgan fingerprint density at radius 3 is 2.40 bits per heavy atom. The lowest BCUT2D eigenvalue weighted by Gasteiger charge is -2.09. The highest BCUT2D eigenvalue weighted by molar-refractivity contribution is 5.86. The van der Waals surface area contributed by atoms with Crippen LogP contribution < -0.4 is 10.3 Å². The number of ether oxygens (including phenoxy) is 1. The number of nitrogens with zero attached hydrogens (tertiary/aromatic N) is 2. The van der Waals surface area contributed by atoms with Crippen molar-refractivity contribution in [1.82, 2.24) is 9.78 Å². The number of aromatic nitrogens is 2. The van der Waals surface area contributed by atoms with E-state index in [-0.39, 0.29) is 11.3 Å². The summed E-state index contributed by atoms with van der Waals surface area (Å²) in [5, 5.41) is 21.6. The zero-order valence-electron chi connectivity index (χ0n) is 10.1. The van der Waals surface area contributed by atoms with Gasteiger partial charge in [0.15, 0.2) is 6.61 Å². The van der Waals surface area contributed by atoms with Gasteiger partial charge in [-0.05, 0) is 12.1 Å². The predicted octanol–water partition coefficient (Wildman–Crippen LogP) is -0.0555. The average Bonchev–Trinajstić information content (AvgIpc) is 2.40. The van der Waals surface area contributed by atoms with E-state index in [9.17, 15) is 14.4 Å². The molecular formula is C12H10N2O6. The van der Waals surface area contributed by atoms with Crippen LogP contribution in [0.25, 0.3) is 10.8 Å². The Bertz CT molecular complexity index is 736. The first-order valence-corrected chi connectivity index (χ1v) is 5.55. The molecule has 0 aliphatic heterocycles. The maximum absolute atomic E-state index is 12.0. The summed E-state index contributed by atoms with van der Waals surface area (Å²) in [6.07, 6.45) is 0. The van der Waals surface area contributed by atoms with Gasteiger partial charge in [0.1, 0.15) is 6.54 Å². The van der Waals surface area contributed by atoms with Gasteiger partial charge < -0.3 is 14.9 Å². The number of fused-ring (bicyclic) bond motifs is 1. The highest BCUT2D eigenvalue weighted by Gasteiger charge is 2.13. The van der Waals surface area contributed by atoms with E-state index in [0.29, 0.717) is 5.39 Å². The second-order valence-corrected chi connectivity index (χ2v) is 3.89. The van der Waals surface area contributed by atoms with Crippen molar-refractivity contribution in [1.29, 1.82) is 0 Å². The quantitative estimate of drug-likeness (QED) is 0.786. The van der Waals surface area contributed by atoms with E-state index in [4.69, 9.17) is 14.9 Å². The fourth-order valence-electron chi connectivity index (χ4n) is 1.68. The Labute approximate surface area is 111 Å². The number of carbonyl (C=O) groups is 2. The molecule has 8 nitrogen and oxygen atoms in total. The second kappa shape index (κ2) is 5.39.